The Morgan fingerprint density at radius 1 is 1.09 bits per heavy atom. The van der Waals surface area contributed by atoms with Gasteiger partial charge in [0, 0.05) is 42.0 Å². The first-order valence-electron chi connectivity index (χ1n) is 10.3. The van der Waals surface area contributed by atoms with Crippen molar-refractivity contribution >= 4 is 23.2 Å². The van der Waals surface area contributed by atoms with Crippen molar-refractivity contribution in [2.75, 3.05) is 17.7 Å². The number of rotatable bonds is 8. The van der Waals surface area contributed by atoms with E-state index >= 15 is 0 Å². The van der Waals surface area contributed by atoms with Gasteiger partial charge in [0.2, 0.25) is 17.6 Å². The molecule has 2 heterocycles. The molecule has 2 aromatic heterocycles. The Bertz CT molecular complexity index is 1310. The van der Waals surface area contributed by atoms with Crippen LogP contribution in [0.3, 0.4) is 0 Å². The Labute approximate surface area is 194 Å². The lowest BCUT2D eigenvalue weighted by Gasteiger charge is -2.13. The molecule has 0 bridgehead atoms. The Morgan fingerprint density at radius 2 is 1.97 bits per heavy atom. The molecule has 0 radical (unpaired) electrons. The van der Waals surface area contributed by atoms with E-state index in [4.69, 9.17) is 9.26 Å². The number of aryl methyl sites for hydroxylation is 1. The quantitative estimate of drug-likeness (QED) is 0.405. The van der Waals surface area contributed by atoms with Crippen LogP contribution in [0, 0.1) is 5.82 Å². The van der Waals surface area contributed by atoms with E-state index < -0.39 is 11.7 Å². The van der Waals surface area contributed by atoms with Crippen LogP contribution in [-0.2, 0) is 11.2 Å². The summed E-state index contributed by atoms with van der Waals surface area (Å²) in [6.45, 7) is 0. The third kappa shape index (κ3) is 5.60. The maximum absolute atomic E-state index is 13.4. The molecule has 4 rings (SSSR count). The predicted molar refractivity (Wildman–Crippen MR) is 122 cm³/mol. The first kappa shape index (κ1) is 22.6. The number of hydrogen-bond acceptors (Lipinski definition) is 7. The smallest absolute Gasteiger partial charge is 0.255 e. The highest BCUT2D eigenvalue weighted by molar-refractivity contribution is 6.05. The van der Waals surface area contributed by atoms with E-state index in [9.17, 15) is 14.0 Å². The summed E-state index contributed by atoms with van der Waals surface area (Å²) in [7, 11) is 1.45. The van der Waals surface area contributed by atoms with Crippen molar-refractivity contribution in [3.8, 4) is 17.1 Å². The molecular formula is C24H20FN5O4. The third-order valence-corrected chi connectivity index (χ3v) is 4.77. The molecule has 2 amide bonds. The van der Waals surface area contributed by atoms with Gasteiger partial charge in [0.25, 0.3) is 5.91 Å². The van der Waals surface area contributed by atoms with Crippen molar-refractivity contribution in [2.24, 2.45) is 0 Å². The standard InChI is InChI=1S/C24H20FN5O4/c1-33-20-8-7-18(13-19(20)28-24(32)15-4-2-6-17(25)12-15)27-21(31)9-10-22-29-23(30-34-22)16-5-3-11-26-14-16/h2-8,11-14H,9-10H2,1H3,(H,27,31)(H,28,32). The molecule has 172 valence electrons. The van der Waals surface area contributed by atoms with Gasteiger partial charge in [0.1, 0.15) is 11.6 Å². The van der Waals surface area contributed by atoms with E-state index in [1.165, 1.54) is 25.3 Å². The van der Waals surface area contributed by atoms with Gasteiger partial charge in [-0.15, -0.1) is 0 Å². The van der Waals surface area contributed by atoms with Gasteiger partial charge in [-0.3, -0.25) is 14.6 Å². The molecule has 0 fully saturated rings. The van der Waals surface area contributed by atoms with E-state index in [0.717, 1.165) is 6.07 Å². The number of pyridine rings is 1. The number of aromatic nitrogens is 3. The van der Waals surface area contributed by atoms with E-state index in [1.807, 2.05) is 6.07 Å². The van der Waals surface area contributed by atoms with Gasteiger partial charge in [0.05, 0.1) is 12.8 Å². The fraction of sp³-hybridized carbons (Fsp3) is 0.125. The summed E-state index contributed by atoms with van der Waals surface area (Å²) in [6, 6.07) is 13.7. The van der Waals surface area contributed by atoms with Crippen molar-refractivity contribution in [1.82, 2.24) is 15.1 Å². The molecule has 0 aliphatic rings. The van der Waals surface area contributed by atoms with Gasteiger partial charge in [-0.1, -0.05) is 11.2 Å². The average Bonchev–Trinajstić information content (AvgIpc) is 3.33. The molecule has 2 aromatic carbocycles. The van der Waals surface area contributed by atoms with Gasteiger partial charge in [0.15, 0.2) is 0 Å². The lowest BCUT2D eigenvalue weighted by Crippen LogP contribution is -2.15. The second kappa shape index (κ2) is 10.3. The van der Waals surface area contributed by atoms with Crippen LogP contribution in [-0.4, -0.2) is 34.0 Å². The molecule has 0 spiro atoms. The Balaban J connectivity index is 1.38. The molecule has 9 nitrogen and oxygen atoms in total. The number of methoxy groups -OCH3 is 1. The summed E-state index contributed by atoms with van der Waals surface area (Å²) in [4.78, 5) is 33.2. The van der Waals surface area contributed by atoms with Gasteiger partial charge in [-0.2, -0.15) is 4.98 Å². The highest BCUT2D eigenvalue weighted by Gasteiger charge is 2.14. The number of anilines is 2. The highest BCUT2D eigenvalue weighted by atomic mass is 19.1. The second-order valence-corrected chi connectivity index (χ2v) is 7.18. The number of nitrogens with zero attached hydrogens (tertiary/aromatic N) is 3. The minimum Gasteiger partial charge on any atom is -0.495 e. The number of nitrogens with one attached hydrogen (secondary N) is 2. The fourth-order valence-electron chi connectivity index (χ4n) is 3.12. The zero-order valence-electron chi connectivity index (χ0n) is 18.1. The Kier molecular flexibility index (Phi) is 6.87. The molecule has 2 N–H and O–H groups in total. The lowest BCUT2D eigenvalue weighted by atomic mass is 10.2. The molecular weight excluding hydrogens is 441 g/mol. The number of hydrogen-bond donors (Lipinski definition) is 2. The summed E-state index contributed by atoms with van der Waals surface area (Å²) in [5, 5.41) is 9.34. The summed E-state index contributed by atoms with van der Waals surface area (Å²) in [5.74, 6) is -0.203. The van der Waals surface area contributed by atoms with Crippen LogP contribution in [0.5, 0.6) is 5.75 Å². The van der Waals surface area contributed by atoms with Crippen molar-refractivity contribution < 1.29 is 23.2 Å². The van der Waals surface area contributed by atoms with E-state index in [2.05, 4.69) is 25.8 Å². The van der Waals surface area contributed by atoms with Crippen molar-refractivity contribution in [2.45, 2.75) is 12.8 Å². The zero-order valence-corrected chi connectivity index (χ0v) is 18.1. The van der Waals surface area contributed by atoms with E-state index in [1.54, 1.807) is 36.7 Å². The highest BCUT2D eigenvalue weighted by Crippen LogP contribution is 2.28. The molecule has 0 aliphatic heterocycles. The third-order valence-electron chi connectivity index (χ3n) is 4.77. The van der Waals surface area contributed by atoms with Crippen LogP contribution in [0.4, 0.5) is 15.8 Å². The molecule has 34 heavy (non-hydrogen) atoms. The molecule has 0 aliphatic carbocycles. The molecule has 0 saturated heterocycles. The number of ether oxygens (including phenoxy) is 1. The first-order valence-corrected chi connectivity index (χ1v) is 10.3. The van der Waals surface area contributed by atoms with E-state index in [-0.39, 0.29) is 24.3 Å². The number of benzene rings is 2. The van der Waals surface area contributed by atoms with Crippen LogP contribution in [0.1, 0.15) is 22.7 Å². The maximum atomic E-state index is 13.4. The van der Waals surface area contributed by atoms with E-state index in [0.29, 0.717) is 34.4 Å². The largest absolute Gasteiger partial charge is 0.495 e. The molecule has 0 saturated carbocycles. The molecule has 0 atom stereocenters. The summed E-state index contributed by atoms with van der Waals surface area (Å²) in [5.41, 5.74) is 1.64. The molecule has 10 heteroatoms. The summed E-state index contributed by atoms with van der Waals surface area (Å²) < 4.78 is 23.9. The van der Waals surface area contributed by atoms with Gasteiger partial charge in [-0.05, 0) is 48.5 Å². The van der Waals surface area contributed by atoms with Crippen LogP contribution < -0.4 is 15.4 Å². The lowest BCUT2D eigenvalue weighted by molar-refractivity contribution is -0.116. The molecule has 4 aromatic rings. The maximum Gasteiger partial charge on any atom is 0.255 e. The number of amides is 2. The van der Waals surface area contributed by atoms with Crippen LogP contribution in [0.2, 0.25) is 0 Å². The fourth-order valence-corrected chi connectivity index (χ4v) is 3.12. The van der Waals surface area contributed by atoms with Crippen molar-refractivity contribution in [3.05, 3.63) is 84.3 Å². The second-order valence-electron chi connectivity index (χ2n) is 7.18. The monoisotopic (exact) mass is 461 g/mol. The predicted octanol–water partition coefficient (Wildman–Crippen LogP) is 4.10. The number of carbonyl (C=O) groups is 2. The Hall–Kier alpha value is -4.60. The minimum absolute atomic E-state index is 0.103. The van der Waals surface area contributed by atoms with Gasteiger partial charge in [-0.25, -0.2) is 4.39 Å². The van der Waals surface area contributed by atoms with Crippen molar-refractivity contribution in [1.29, 1.82) is 0 Å². The van der Waals surface area contributed by atoms with Crippen LogP contribution >= 0.6 is 0 Å². The van der Waals surface area contributed by atoms with Crippen molar-refractivity contribution in [3.63, 3.8) is 0 Å². The molecule has 0 unspecified atom stereocenters. The average molecular weight is 461 g/mol. The topological polar surface area (TPSA) is 119 Å². The first-order chi connectivity index (χ1) is 16.5. The van der Waals surface area contributed by atoms with Gasteiger partial charge >= 0.3 is 0 Å². The Morgan fingerprint density at radius 3 is 2.74 bits per heavy atom. The minimum atomic E-state index is -0.519. The normalized spacial score (nSPS) is 10.5. The van der Waals surface area contributed by atoms with Crippen LogP contribution in [0.15, 0.2) is 71.5 Å². The van der Waals surface area contributed by atoms with Gasteiger partial charge < -0.3 is 19.9 Å². The number of halogens is 1. The van der Waals surface area contributed by atoms with Crippen LogP contribution in [0.25, 0.3) is 11.4 Å². The SMILES string of the molecule is COc1ccc(NC(=O)CCc2nc(-c3cccnc3)no2)cc1NC(=O)c1cccc(F)c1. The number of carbonyl (C=O) groups excluding carboxylic acids is 2. The summed E-state index contributed by atoms with van der Waals surface area (Å²) >= 11 is 0. The zero-order chi connectivity index (χ0) is 23.9. The summed E-state index contributed by atoms with van der Waals surface area (Å²) in [6.07, 6.45) is 3.62.